The molecule has 16 heavy (non-hydrogen) atoms. The fourth-order valence-electron chi connectivity index (χ4n) is 1.35. The van der Waals surface area contributed by atoms with Gasteiger partial charge in [-0.05, 0) is 24.5 Å². The molecule has 0 aromatic carbocycles. The van der Waals surface area contributed by atoms with Gasteiger partial charge in [-0.1, -0.05) is 34.6 Å². The zero-order valence-corrected chi connectivity index (χ0v) is 11.3. The number of pyridine rings is 1. The van der Waals surface area contributed by atoms with Crippen molar-refractivity contribution in [1.82, 2.24) is 4.98 Å². The Hall–Kier alpha value is -1.05. The minimum absolute atomic E-state index is 0.0714. The first kappa shape index (κ1) is 13.0. The highest BCUT2D eigenvalue weighted by atomic mass is 16.5. The lowest BCUT2D eigenvalue weighted by molar-refractivity contribution is 0.259. The average Bonchev–Trinajstić information content (AvgIpc) is 2.12. The van der Waals surface area contributed by atoms with Crippen LogP contribution >= 0.6 is 0 Å². The van der Waals surface area contributed by atoms with Crippen LogP contribution in [0.3, 0.4) is 0 Å². The van der Waals surface area contributed by atoms with Crippen molar-refractivity contribution in [3.63, 3.8) is 0 Å². The molecule has 0 unspecified atom stereocenters. The molecule has 0 saturated carbocycles. The van der Waals surface area contributed by atoms with Gasteiger partial charge in [0.1, 0.15) is 0 Å². The van der Waals surface area contributed by atoms with E-state index >= 15 is 0 Å². The van der Waals surface area contributed by atoms with E-state index in [1.807, 2.05) is 6.07 Å². The molecule has 90 valence electrons. The molecule has 1 aromatic rings. The molecule has 0 aliphatic heterocycles. The standard InChI is InChI=1S/C14H23NO/c1-10(2)9-16-13-8-11(3)7-12(15-13)14(4,5)6/h7-8,10H,9H2,1-6H3. The van der Waals surface area contributed by atoms with E-state index in [9.17, 15) is 0 Å². The van der Waals surface area contributed by atoms with Crippen LogP contribution in [0.15, 0.2) is 12.1 Å². The SMILES string of the molecule is Cc1cc(OCC(C)C)nc(C(C)(C)C)c1. The van der Waals surface area contributed by atoms with Gasteiger partial charge in [-0.2, -0.15) is 0 Å². The van der Waals surface area contributed by atoms with Gasteiger partial charge in [0, 0.05) is 11.5 Å². The maximum absolute atomic E-state index is 5.67. The molecule has 0 aliphatic carbocycles. The molecule has 0 aliphatic rings. The number of rotatable bonds is 3. The van der Waals surface area contributed by atoms with Crippen molar-refractivity contribution in [2.24, 2.45) is 5.92 Å². The molecule has 0 radical (unpaired) electrons. The zero-order valence-electron chi connectivity index (χ0n) is 11.3. The molecular weight excluding hydrogens is 198 g/mol. The van der Waals surface area contributed by atoms with Crippen LogP contribution in [0.4, 0.5) is 0 Å². The third-order valence-electron chi connectivity index (χ3n) is 2.28. The first-order valence-corrected chi connectivity index (χ1v) is 5.91. The van der Waals surface area contributed by atoms with Crippen LogP contribution in [0.5, 0.6) is 5.88 Å². The maximum atomic E-state index is 5.67. The zero-order chi connectivity index (χ0) is 12.3. The fourth-order valence-corrected chi connectivity index (χ4v) is 1.35. The molecule has 2 nitrogen and oxygen atoms in total. The highest BCUT2D eigenvalue weighted by molar-refractivity contribution is 5.27. The van der Waals surface area contributed by atoms with Crippen LogP contribution in [0.25, 0.3) is 0 Å². The lowest BCUT2D eigenvalue weighted by Crippen LogP contribution is -2.15. The molecule has 1 rings (SSSR count). The van der Waals surface area contributed by atoms with Crippen molar-refractivity contribution >= 4 is 0 Å². The number of ether oxygens (including phenoxy) is 1. The van der Waals surface area contributed by atoms with Gasteiger partial charge in [-0.3, -0.25) is 0 Å². The van der Waals surface area contributed by atoms with E-state index in [0.29, 0.717) is 5.92 Å². The Labute approximate surface area is 99.0 Å². The highest BCUT2D eigenvalue weighted by Gasteiger charge is 2.16. The van der Waals surface area contributed by atoms with Crippen molar-refractivity contribution in [3.05, 3.63) is 23.4 Å². The molecule has 0 fully saturated rings. The Balaban J connectivity index is 2.90. The second-order valence-corrected chi connectivity index (χ2v) is 5.82. The highest BCUT2D eigenvalue weighted by Crippen LogP contribution is 2.24. The third kappa shape index (κ3) is 3.84. The van der Waals surface area contributed by atoms with Crippen LogP contribution in [0.1, 0.15) is 45.9 Å². The summed E-state index contributed by atoms with van der Waals surface area (Å²) in [6, 6.07) is 4.12. The monoisotopic (exact) mass is 221 g/mol. The van der Waals surface area contributed by atoms with Crippen molar-refractivity contribution in [3.8, 4) is 5.88 Å². The van der Waals surface area contributed by atoms with Gasteiger partial charge in [0.25, 0.3) is 0 Å². The summed E-state index contributed by atoms with van der Waals surface area (Å²) in [5.74, 6) is 1.28. The third-order valence-corrected chi connectivity index (χ3v) is 2.28. The molecule has 0 atom stereocenters. The van der Waals surface area contributed by atoms with Crippen LogP contribution < -0.4 is 4.74 Å². The number of aromatic nitrogens is 1. The van der Waals surface area contributed by atoms with E-state index in [1.54, 1.807) is 0 Å². The van der Waals surface area contributed by atoms with Crippen molar-refractivity contribution in [2.75, 3.05) is 6.61 Å². The first-order chi connectivity index (χ1) is 7.29. The molecule has 0 N–H and O–H groups in total. The van der Waals surface area contributed by atoms with Gasteiger partial charge in [0.2, 0.25) is 5.88 Å². The van der Waals surface area contributed by atoms with Gasteiger partial charge < -0.3 is 4.74 Å². The predicted octanol–water partition coefficient (Wildman–Crippen LogP) is 3.72. The number of nitrogens with zero attached hydrogens (tertiary/aromatic N) is 1. The van der Waals surface area contributed by atoms with Crippen LogP contribution in [0, 0.1) is 12.8 Å². The fraction of sp³-hybridized carbons (Fsp3) is 0.643. The smallest absolute Gasteiger partial charge is 0.213 e. The lowest BCUT2D eigenvalue weighted by Gasteiger charge is -2.19. The van der Waals surface area contributed by atoms with Gasteiger partial charge >= 0.3 is 0 Å². The van der Waals surface area contributed by atoms with Gasteiger partial charge in [0.15, 0.2) is 0 Å². The van der Waals surface area contributed by atoms with Gasteiger partial charge in [-0.25, -0.2) is 4.98 Å². The summed E-state index contributed by atoms with van der Waals surface area (Å²) in [4.78, 5) is 4.55. The minimum Gasteiger partial charge on any atom is -0.477 e. The molecule has 1 heterocycles. The Bertz CT molecular complexity index is 350. The van der Waals surface area contributed by atoms with E-state index in [4.69, 9.17) is 4.74 Å². The molecular formula is C14H23NO. The lowest BCUT2D eigenvalue weighted by atomic mass is 9.91. The summed E-state index contributed by atoms with van der Waals surface area (Å²) in [5, 5.41) is 0. The van der Waals surface area contributed by atoms with Crippen LogP contribution in [0.2, 0.25) is 0 Å². The summed E-state index contributed by atoms with van der Waals surface area (Å²) in [6.07, 6.45) is 0. The summed E-state index contributed by atoms with van der Waals surface area (Å²) in [7, 11) is 0. The number of hydrogen-bond donors (Lipinski definition) is 0. The summed E-state index contributed by atoms with van der Waals surface area (Å²) >= 11 is 0. The van der Waals surface area contributed by atoms with Crippen LogP contribution in [-0.4, -0.2) is 11.6 Å². The van der Waals surface area contributed by atoms with Gasteiger partial charge in [0.05, 0.1) is 12.3 Å². The average molecular weight is 221 g/mol. The largest absolute Gasteiger partial charge is 0.477 e. The predicted molar refractivity (Wildman–Crippen MR) is 68.0 cm³/mol. The van der Waals surface area contributed by atoms with E-state index in [-0.39, 0.29) is 5.41 Å². The second kappa shape index (κ2) is 4.86. The van der Waals surface area contributed by atoms with E-state index in [0.717, 1.165) is 18.2 Å². The molecule has 1 aromatic heterocycles. The first-order valence-electron chi connectivity index (χ1n) is 5.91. The van der Waals surface area contributed by atoms with Gasteiger partial charge in [-0.15, -0.1) is 0 Å². The van der Waals surface area contributed by atoms with Crippen LogP contribution in [-0.2, 0) is 5.41 Å². The van der Waals surface area contributed by atoms with Crippen molar-refractivity contribution in [1.29, 1.82) is 0 Å². The normalized spacial score (nSPS) is 11.9. The number of aryl methyl sites for hydroxylation is 1. The summed E-state index contributed by atoms with van der Waals surface area (Å²) in [5.41, 5.74) is 2.37. The topological polar surface area (TPSA) is 22.1 Å². The Morgan fingerprint density at radius 2 is 1.88 bits per heavy atom. The minimum atomic E-state index is 0.0714. The molecule has 0 amide bonds. The summed E-state index contributed by atoms with van der Waals surface area (Å²) in [6.45, 7) is 13.6. The Morgan fingerprint density at radius 1 is 1.25 bits per heavy atom. The number of hydrogen-bond acceptors (Lipinski definition) is 2. The Morgan fingerprint density at radius 3 is 2.38 bits per heavy atom. The second-order valence-electron chi connectivity index (χ2n) is 5.82. The van der Waals surface area contributed by atoms with Crippen molar-refractivity contribution < 1.29 is 4.74 Å². The van der Waals surface area contributed by atoms with E-state index in [2.05, 4.69) is 52.6 Å². The molecule has 0 bridgehead atoms. The van der Waals surface area contributed by atoms with E-state index in [1.165, 1.54) is 5.56 Å². The summed E-state index contributed by atoms with van der Waals surface area (Å²) < 4.78 is 5.67. The maximum Gasteiger partial charge on any atom is 0.213 e. The molecule has 0 spiro atoms. The molecule has 2 heteroatoms. The Kier molecular flexibility index (Phi) is 3.95. The van der Waals surface area contributed by atoms with Crippen molar-refractivity contribution in [2.45, 2.75) is 47.0 Å². The molecule has 0 saturated heterocycles. The van der Waals surface area contributed by atoms with E-state index < -0.39 is 0 Å². The quantitative estimate of drug-likeness (QED) is 0.776.